The lowest BCUT2D eigenvalue weighted by molar-refractivity contribution is 0.414. The average Bonchev–Trinajstić information content (AvgIpc) is 2.52. The van der Waals surface area contributed by atoms with Crippen molar-refractivity contribution in [2.24, 2.45) is 5.14 Å². The van der Waals surface area contributed by atoms with Crippen molar-refractivity contribution in [1.29, 1.82) is 0 Å². The van der Waals surface area contributed by atoms with Crippen LogP contribution < -0.4 is 14.6 Å². The number of methoxy groups -OCH3 is 1. The highest BCUT2D eigenvalue weighted by atomic mass is 35.5. The SMILES string of the molecule is COc1cc(Cl)ccc1/C=C/SNc1cc(C)ccc1SN. The molecule has 2 aromatic carbocycles. The van der Waals surface area contributed by atoms with Crippen molar-refractivity contribution in [3.8, 4) is 5.75 Å². The van der Waals surface area contributed by atoms with Crippen LogP contribution in [0.15, 0.2) is 46.7 Å². The fraction of sp³-hybridized carbons (Fsp3) is 0.125. The molecule has 0 aliphatic carbocycles. The molecule has 0 heterocycles. The number of ether oxygens (including phenoxy) is 1. The van der Waals surface area contributed by atoms with Crippen LogP contribution >= 0.6 is 35.5 Å². The Morgan fingerprint density at radius 2 is 2.05 bits per heavy atom. The van der Waals surface area contributed by atoms with Gasteiger partial charge in [0, 0.05) is 15.5 Å². The number of hydrogen-bond acceptors (Lipinski definition) is 5. The zero-order valence-corrected chi connectivity index (χ0v) is 14.7. The van der Waals surface area contributed by atoms with Gasteiger partial charge in [-0.05, 0) is 78.2 Å². The van der Waals surface area contributed by atoms with Gasteiger partial charge in [-0.25, -0.2) is 0 Å². The molecule has 6 heteroatoms. The van der Waals surface area contributed by atoms with Gasteiger partial charge in [0.2, 0.25) is 0 Å². The van der Waals surface area contributed by atoms with Crippen LogP contribution in [0.5, 0.6) is 5.75 Å². The topological polar surface area (TPSA) is 47.3 Å². The summed E-state index contributed by atoms with van der Waals surface area (Å²) in [6.45, 7) is 2.05. The van der Waals surface area contributed by atoms with Gasteiger partial charge in [0.05, 0.1) is 12.8 Å². The number of halogens is 1. The van der Waals surface area contributed by atoms with Crippen LogP contribution in [0.1, 0.15) is 11.1 Å². The summed E-state index contributed by atoms with van der Waals surface area (Å²) in [4.78, 5) is 1.01. The largest absolute Gasteiger partial charge is 0.496 e. The van der Waals surface area contributed by atoms with Crippen molar-refractivity contribution >= 4 is 47.3 Å². The molecule has 0 saturated heterocycles. The van der Waals surface area contributed by atoms with E-state index in [1.54, 1.807) is 13.2 Å². The lowest BCUT2D eigenvalue weighted by atomic mass is 10.2. The number of nitrogens with one attached hydrogen (secondary N) is 1. The molecule has 0 fully saturated rings. The molecule has 22 heavy (non-hydrogen) atoms. The maximum absolute atomic E-state index is 5.95. The Morgan fingerprint density at radius 1 is 1.23 bits per heavy atom. The van der Waals surface area contributed by atoms with Crippen molar-refractivity contribution in [2.75, 3.05) is 11.8 Å². The standard InChI is InChI=1S/C16H17ClN2OS2/c1-11-3-6-16(22-18)14(9-11)19-21-8-7-12-4-5-13(17)10-15(12)20-2/h3-10,19H,18H2,1-2H3/b8-7+. The molecule has 0 spiro atoms. The van der Waals surface area contributed by atoms with Crippen LogP contribution in [0.4, 0.5) is 5.69 Å². The Morgan fingerprint density at radius 3 is 2.77 bits per heavy atom. The number of hydrogen-bond donors (Lipinski definition) is 2. The molecule has 0 saturated carbocycles. The number of benzene rings is 2. The lowest BCUT2D eigenvalue weighted by Gasteiger charge is -2.09. The Balaban J connectivity index is 2.03. The Labute approximate surface area is 144 Å². The number of nitrogens with two attached hydrogens (primary N) is 1. The van der Waals surface area contributed by atoms with E-state index in [2.05, 4.69) is 17.7 Å². The summed E-state index contributed by atoms with van der Waals surface area (Å²) in [7, 11) is 1.63. The Hall–Kier alpha value is -1.27. The molecule has 2 aromatic rings. The minimum atomic E-state index is 0.657. The average molecular weight is 353 g/mol. The summed E-state index contributed by atoms with van der Waals surface area (Å²) in [5, 5.41) is 8.28. The van der Waals surface area contributed by atoms with E-state index in [4.69, 9.17) is 21.5 Å². The number of anilines is 1. The first-order valence-electron chi connectivity index (χ1n) is 6.53. The van der Waals surface area contributed by atoms with Crippen LogP contribution in [0.3, 0.4) is 0 Å². The third kappa shape index (κ3) is 4.61. The zero-order chi connectivity index (χ0) is 15.9. The molecular formula is C16H17ClN2OS2. The van der Waals surface area contributed by atoms with E-state index in [1.165, 1.54) is 29.5 Å². The predicted molar refractivity (Wildman–Crippen MR) is 99.5 cm³/mol. The fourth-order valence-corrected chi connectivity index (χ4v) is 3.04. The monoisotopic (exact) mass is 352 g/mol. The van der Waals surface area contributed by atoms with Gasteiger partial charge in [0.1, 0.15) is 5.75 Å². The van der Waals surface area contributed by atoms with Crippen molar-refractivity contribution in [2.45, 2.75) is 11.8 Å². The van der Waals surface area contributed by atoms with Gasteiger partial charge in [0.25, 0.3) is 0 Å². The lowest BCUT2D eigenvalue weighted by Crippen LogP contribution is -1.91. The van der Waals surface area contributed by atoms with E-state index < -0.39 is 0 Å². The Kier molecular flexibility index (Phi) is 6.51. The van der Waals surface area contributed by atoms with Crippen molar-refractivity contribution < 1.29 is 4.74 Å². The predicted octanol–water partition coefficient (Wildman–Crippen LogP) is 5.35. The highest BCUT2D eigenvalue weighted by Gasteiger charge is 2.02. The van der Waals surface area contributed by atoms with Gasteiger partial charge in [0.15, 0.2) is 0 Å². The van der Waals surface area contributed by atoms with Crippen LogP contribution in [0.25, 0.3) is 6.08 Å². The smallest absolute Gasteiger partial charge is 0.127 e. The summed E-state index contributed by atoms with van der Waals surface area (Å²) in [5.74, 6) is 0.748. The third-order valence-corrected chi connectivity index (χ3v) is 4.40. The van der Waals surface area contributed by atoms with Crippen LogP contribution in [-0.4, -0.2) is 7.11 Å². The van der Waals surface area contributed by atoms with E-state index >= 15 is 0 Å². The first-order valence-corrected chi connectivity index (χ1v) is 8.67. The van der Waals surface area contributed by atoms with Gasteiger partial charge >= 0.3 is 0 Å². The first kappa shape index (κ1) is 17.1. The second-order valence-corrected chi connectivity index (χ2v) is 6.35. The van der Waals surface area contributed by atoms with Crippen molar-refractivity contribution in [1.82, 2.24) is 0 Å². The molecule has 3 nitrogen and oxygen atoms in total. The molecule has 0 bridgehead atoms. The molecule has 0 aromatic heterocycles. The molecule has 0 aliphatic heterocycles. The van der Waals surface area contributed by atoms with Crippen LogP contribution in [0.2, 0.25) is 5.02 Å². The fourth-order valence-electron chi connectivity index (χ4n) is 1.85. The second-order valence-electron chi connectivity index (χ2n) is 4.53. The molecule has 0 amide bonds. The molecule has 0 aliphatic rings. The minimum Gasteiger partial charge on any atom is -0.496 e. The van der Waals surface area contributed by atoms with Gasteiger partial charge in [-0.15, -0.1) is 0 Å². The van der Waals surface area contributed by atoms with E-state index in [-0.39, 0.29) is 0 Å². The van der Waals surface area contributed by atoms with Gasteiger partial charge in [-0.1, -0.05) is 17.7 Å². The first-order chi connectivity index (χ1) is 10.6. The molecule has 0 atom stereocenters. The highest BCUT2D eigenvalue weighted by Crippen LogP contribution is 2.28. The summed E-state index contributed by atoms with van der Waals surface area (Å²) in [6, 6.07) is 11.7. The molecule has 3 N–H and O–H groups in total. The number of rotatable bonds is 6. The zero-order valence-electron chi connectivity index (χ0n) is 12.3. The van der Waals surface area contributed by atoms with Crippen molar-refractivity contribution in [3.05, 3.63) is 58.0 Å². The summed E-state index contributed by atoms with van der Waals surface area (Å²) < 4.78 is 8.59. The van der Waals surface area contributed by atoms with Crippen LogP contribution in [-0.2, 0) is 0 Å². The van der Waals surface area contributed by atoms with Gasteiger partial charge in [-0.2, -0.15) is 0 Å². The maximum atomic E-state index is 5.95. The maximum Gasteiger partial charge on any atom is 0.127 e. The molecule has 2 rings (SSSR count). The van der Waals surface area contributed by atoms with E-state index in [9.17, 15) is 0 Å². The van der Waals surface area contributed by atoms with E-state index in [0.29, 0.717) is 5.02 Å². The van der Waals surface area contributed by atoms with E-state index in [1.807, 2.05) is 35.7 Å². The normalized spacial score (nSPS) is 10.9. The Bertz CT molecular complexity index is 677. The minimum absolute atomic E-state index is 0.657. The molecular weight excluding hydrogens is 336 g/mol. The molecule has 0 unspecified atom stereocenters. The van der Waals surface area contributed by atoms with Gasteiger partial charge < -0.3 is 9.46 Å². The van der Waals surface area contributed by atoms with Crippen molar-refractivity contribution in [3.63, 3.8) is 0 Å². The third-order valence-electron chi connectivity index (χ3n) is 2.94. The summed E-state index contributed by atoms with van der Waals surface area (Å²) in [5.41, 5.74) is 3.16. The number of aryl methyl sites for hydroxylation is 1. The van der Waals surface area contributed by atoms with E-state index in [0.717, 1.165) is 21.9 Å². The quantitative estimate of drug-likeness (QED) is 0.686. The molecule has 116 valence electrons. The molecule has 0 radical (unpaired) electrons. The second kappa shape index (κ2) is 8.39. The summed E-state index contributed by atoms with van der Waals surface area (Å²) >= 11 is 8.66. The summed E-state index contributed by atoms with van der Waals surface area (Å²) in [6.07, 6.45) is 1.97. The van der Waals surface area contributed by atoms with Gasteiger partial charge in [-0.3, -0.25) is 5.14 Å². The van der Waals surface area contributed by atoms with Crippen LogP contribution in [0, 0.1) is 6.92 Å². The highest BCUT2D eigenvalue weighted by molar-refractivity contribution is 8.03.